The molecule has 0 bridgehead atoms. The van der Waals surface area contributed by atoms with Gasteiger partial charge in [0.2, 0.25) is 10.0 Å². The van der Waals surface area contributed by atoms with E-state index in [4.69, 9.17) is 9.47 Å². The molecule has 2 rings (SSSR count). The van der Waals surface area contributed by atoms with Gasteiger partial charge in [-0.25, -0.2) is 13.4 Å². The number of ether oxygens (including phenoxy) is 2. The molecule has 0 saturated carbocycles. The van der Waals surface area contributed by atoms with Crippen LogP contribution in [0, 0.1) is 6.92 Å². The lowest BCUT2D eigenvalue weighted by atomic mass is 10.3. The summed E-state index contributed by atoms with van der Waals surface area (Å²) in [5.41, 5.74) is 0.723. The minimum atomic E-state index is -3.68. The Kier molecular flexibility index (Phi) is 5.05. The number of benzene rings is 1. The van der Waals surface area contributed by atoms with E-state index in [9.17, 15) is 8.42 Å². The van der Waals surface area contributed by atoms with E-state index >= 15 is 0 Å². The summed E-state index contributed by atoms with van der Waals surface area (Å²) in [7, 11) is 0.785. The van der Waals surface area contributed by atoms with Gasteiger partial charge in [-0.1, -0.05) is 0 Å². The summed E-state index contributed by atoms with van der Waals surface area (Å²) in [6.07, 6.45) is 0. The molecule has 1 aromatic carbocycles. The van der Waals surface area contributed by atoms with Crippen LogP contribution in [-0.2, 0) is 16.6 Å². The highest BCUT2D eigenvalue weighted by molar-refractivity contribution is 7.89. The van der Waals surface area contributed by atoms with Crippen LogP contribution in [0.1, 0.15) is 10.7 Å². The van der Waals surface area contributed by atoms with Gasteiger partial charge >= 0.3 is 0 Å². The summed E-state index contributed by atoms with van der Waals surface area (Å²) in [4.78, 5) is 4.39. The molecule has 0 atom stereocenters. The topological polar surface area (TPSA) is 68.7 Å². The predicted octanol–water partition coefficient (Wildman–Crippen LogP) is 2.29. The average Bonchev–Trinajstić information content (AvgIpc) is 2.91. The molecular weight excluding hydrogens is 324 g/mol. The van der Waals surface area contributed by atoms with E-state index in [1.54, 1.807) is 12.1 Å². The van der Waals surface area contributed by atoms with E-state index < -0.39 is 10.0 Å². The summed E-state index contributed by atoms with van der Waals surface area (Å²) in [5.74, 6) is 0.786. The first-order chi connectivity index (χ1) is 10.4. The van der Waals surface area contributed by atoms with Gasteiger partial charge in [-0.2, -0.15) is 4.31 Å². The molecule has 1 heterocycles. The first-order valence-corrected chi connectivity index (χ1v) is 8.80. The molecule has 0 amide bonds. The van der Waals surface area contributed by atoms with Gasteiger partial charge in [-0.05, 0) is 19.1 Å². The number of aromatic nitrogens is 1. The number of rotatable bonds is 6. The van der Waals surface area contributed by atoms with Crippen LogP contribution in [0.5, 0.6) is 11.5 Å². The van der Waals surface area contributed by atoms with Crippen molar-refractivity contribution in [2.45, 2.75) is 18.4 Å². The van der Waals surface area contributed by atoms with E-state index in [2.05, 4.69) is 4.98 Å². The second-order valence-electron chi connectivity index (χ2n) is 4.64. The van der Waals surface area contributed by atoms with Crippen molar-refractivity contribution in [2.24, 2.45) is 0 Å². The standard InChI is InChI=1S/C14H18N2O4S2/c1-10-15-11(9-21-10)8-16(2)22(17,18)14-6-5-12(19-3)7-13(14)20-4/h5-7,9H,8H2,1-4H3. The lowest BCUT2D eigenvalue weighted by Crippen LogP contribution is -2.27. The minimum absolute atomic E-state index is 0.102. The molecule has 0 saturated heterocycles. The van der Waals surface area contributed by atoms with Gasteiger partial charge in [0.15, 0.2) is 0 Å². The molecule has 0 fully saturated rings. The minimum Gasteiger partial charge on any atom is -0.497 e. The van der Waals surface area contributed by atoms with Crippen molar-refractivity contribution >= 4 is 21.4 Å². The Morgan fingerprint density at radius 3 is 2.55 bits per heavy atom. The fourth-order valence-corrected chi connectivity index (χ4v) is 3.83. The highest BCUT2D eigenvalue weighted by Gasteiger charge is 2.25. The van der Waals surface area contributed by atoms with Crippen LogP contribution in [0.15, 0.2) is 28.5 Å². The molecule has 0 aliphatic carbocycles. The van der Waals surface area contributed by atoms with Gasteiger partial charge < -0.3 is 9.47 Å². The van der Waals surface area contributed by atoms with E-state index in [1.165, 1.54) is 43.0 Å². The van der Waals surface area contributed by atoms with Gasteiger partial charge in [0.05, 0.1) is 31.5 Å². The summed E-state index contributed by atoms with van der Waals surface area (Å²) in [6.45, 7) is 2.09. The van der Waals surface area contributed by atoms with E-state index in [1.807, 2.05) is 12.3 Å². The number of nitrogens with zero attached hydrogens (tertiary/aromatic N) is 2. The lowest BCUT2D eigenvalue weighted by Gasteiger charge is -2.18. The van der Waals surface area contributed by atoms with Crippen molar-refractivity contribution in [1.82, 2.24) is 9.29 Å². The van der Waals surface area contributed by atoms with Gasteiger partial charge in [-0.15, -0.1) is 11.3 Å². The Bertz CT molecular complexity index is 756. The maximum Gasteiger partial charge on any atom is 0.246 e. The number of sulfonamides is 1. The van der Waals surface area contributed by atoms with Crippen molar-refractivity contribution in [3.05, 3.63) is 34.3 Å². The lowest BCUT2D eigenvalue weighted by molar-refractivity contribution is 0.383. The fourth-order valence-electron chi connectivity index (χ4n) is 1.95. The molecular formula is C14H18N2O4S2. The second-order valence-corrected chi connectivity index (χ2v) is 7.71. The van der Waals surface area contributed by atoms with E-state index in [0.29, 0.717) is 5.75 Å². The third kappa shape index (κ3) is 3.40. The Morgan fingerprint density at radius 1 is 1.27 bits per heavy atom. The fraction of sp³-hybridized carbons (Fsp3) is 0.357. The number of thiazole rings is 1. The van der Waals surface area contributed by atoms with Crippen molar-refractivity contribution in [2.75, 3.05) is 21.3 Å². The van der Waals surface area contributed by atoms with Crippen molar-refractivity contribution in [1.29, 1.82) is 0 Å². The van der Waals surface area contributed by atoms with Gasteiger partial charge in [0, 0.05) is 18.5 Å². The monoisotopic (exact) mass is 342 g/mol. The molecule has 8 heteroatoms. The van der Waals surface area contributed by atoms with E-state index in [-0.39, 0.29) is 17.2 Å². The highest BCUT2D eigenvalue weighted by atomic mass is 32.2. The summed E-state index contributed by atoms with van der Waals surface area (Å²) in [6, 6.07) is 4.62. The molecule has 0 spiro atoms. The molecule has 120 valence electrons. The third-order valence-electron chi connectivity index (χ3n) is 3.11. The molecule has 0 unspecified atom stereocenters. The van der Waals surface area contributed by atoms with Crippen LogP contribution < -0.4 is 9.47 Å². The van der Waals surface area contributed by atoms with Gasteiger partial charge in [0.25, 0.3) is 0 Å². The average molecular weight is 342 g/mol. The molecule has 1 aromatic heterocycles. The molecule has 0 aliphatic rings. The van der Waals surface area contributed by atoms with Crippen LogP contribution in [0.4, 0.5) is 0 Å². The summed E-state index contributed by atoms with van der Waals surface area (Å²) < 4.78 is 36.9. The van der Waals surface area contributed by atoms with Gasteiger partial charge in [0.1, 0.15) is 16.4 Å². The molecule has 2 aromatic rings. The molecule has 0 N–H and O–H groups in total. The Morgan fingerprint density at radius 2 is 2.00 bits per heavy atom. The highest BCUT2D eigenvalue weighted by Crippen LogP contribution is 2.30. The zero-order valence-electron chi connectivity index (χ0n) is 12.9. The zero-order chi connectivity index (χ0) is 16.3. The molecule has 0 aliphatic heterocycles. The van der Waals surface area contributed by atoms with Gasteiger partial charge in [-0.3, -0.25) is 0 Å². The quantitative estimate of drug-likeness (QED) is 0.806. The maximum atomic E-state index is 12.7. The summed E-state index contributed by atoms with van der Waals surface area (Å²) >= 11 is 1.49. The third-order valence-corrected chi connectivity index (χ3v) is 5.78. The van der Waals surface area contributed by atoms with Crippen LogP contribution in [0.25, 0.3) is 0 Å². The van der Waals surface area contributed by atoms with Crippen LogP contribution in [0.2, 0.25) is 0 Å². The Labute approximate surface area is 134 Å². The molecule has 0 radical (unpaired) electrons. The number of methoxy groups -OCH3 is 2. The van der Waals surface area contributed by atoms with Crippen molar-refractivity contribution in [3.8, 4) is 11.5 Å². The van der Waals surface area contributed by atoms with Crippen LogP contribution in [-0.4, -0.2) is 39.0 Å². The zero-order valence-corrected chi connectivity index (χ0v) is 14.5. The largest absolute Gasteiger partial charge is 0.497 e. The predicted molar refractivity (Wildman–Crippen MR) is 85.0 cm³/mol. The molecule has 22 heavy (non-hydrogen) atoms. The Hall–Kier alpha value is -1.64. The SMILES string of the molecule is COc1ccc(S(=O)(=O)N(C)Cc2csc(C)n2)c(OC)c1. The van der Waals surface area contributed by atoms with Crippen molar-refractivity contribution in [3.63, 3.8) is 0 Å². The maximum absolute atomic E-state index is 12.7. The number of hydrogen-bond donors (Lipinski definition) is 0. The van der Waals surface area contributed by atoms with E-state index in [0.717, 1.165) is 10.7 Å². The smallest absolute Gasteiger partial charge is 0.246 e. The normalized spacial score (nSPS) is 11.7. The van der Waals surface area contributed by atoms with Crippen molar-refractivity contribution < 1.29 is 17.9 Å². The second kappa shape index (κ2) is 6.64. The molecule has 6 nitrogen and oxygen atoms in total. The first-order valence-electron chi connectivity index (χ1n) is 6.48. The number of hydrogen-bond acceptors (Lipinski definition) is 6. The first kappa shape index (κ1) is 16.7. The number of aryl methyl sites for hydroxylation is 1. The van der Waals surface area contributed by atoms with Crippen LogP contribution >= 0.6 is 11.3 Å². The van der Waals surface area contributed by atoms with Crippen LogP contribution in [0.3, 0.4) is 0 Å². The Balaban J connectivity index is 2.33. The summed E-state index contributed by atoms with van der Waals surface area (Å²) in [5, 5.41) is 2.76.